The van der Waals surface area contributed by atoms with Gasteiger partial charge >= 0.3 is 0 Å². The van der Waals surface area contributed by atoms with Crippen molar-refractivity contribution in [3.63, 3.8) is 0 Å². The van der Waals surface area contributed by atoms with Crippen LogP contribution in [0.3, 0.4) is 0 Å². The van der Waals surface area contributed by atoms with Crippen LogP contribution in [-0.4, -0.2) is 39.6 Å². The largest absolute Gasteiger partial charge is 0.388 e. The van der Waals surface area contributed by atoms with E-state index in [1.54, 1.807) is 11.8 Å². The molecule has 1 aromatic rings. The number of hydrogen-bond donors (Lipinski definition) is 1. The van der Waals surface area contributed by atoms with Gasteiger partial charge in [0, 0.05) is 19.3 Å². The highest BCUT2D eigenvalue weighted by Crippen LogP contribution is 2.24. The summed E-state index contributed by atoms with van der Waals surface area (Å²) >= 11 is 11.5. The molecule has 1 amide bonds. The molecular formula is C11H12Cl2N2O2. The van der Waals surface area contributed by atoms with Gasteiger partial charge < -0.3 is 10.0 Å². The van der Waals surface area contributed by atoms with Crippen LogP contribution in [0, 0.1) is 0 Å². The predicted octanol–water partition coefficient (Wildman–Crippen LogP) is 1.99. The number of halogens is 2. The maximum Gasteiger partial charge on any atom is 0.255 e. The van der Waals surface area contributed by atoms with E-state index >= 15 is 0 Å². The molecule has 92 valence electrons. The third-order valence-corrected chi connectivity index (χ3v) is 3.47. The summed E-state index contributed by atoms with van der Waals surface area (Å²) in [6.07, 6.45) is 1.97. The van der Waals surface area contributed by atoms with Crippen LogP contribution < -0.4 is 0 Å². The molecule has 4 nitrogen and oxygen atoms in total. The van der Waals surface area contributed by atoms with Crippen molar-refractivity contribution < 1.29 is 9.90 Å². The van der Waals surface area contributed by atoms with Gasteiger partial charge in [-0.3, -0.25) is 4.79 Å². The summed E-state index contributed by atoms with van der Waals surface area (Å²) in [6.45, 7) is 2.57. The van der Waals surface area contributed by atoms with E-state index < -0.39 is 5.60 Å². The molecule has 1 aromatic heterocycles. The highest BCUT2D eigenvalue weighted by atomic mass is 35.5. The lowest BCUT2D eigenvalue weighted by molar-refractivity contribution is 0.0572. The van der Waals surface area contributed by atoms with Gasteiger partial charge in [-0.2, -0.15) is 0 Å². The first-order valence-electron chi connectivity index (χ1n) is 5.22. The number of rotatable bonds is 1. The number of hydrogen-bond acceptors (Lipinski definition) is 3. The van der Waals surface area contributed by atoms with Crippen LogP contribution in [0.4, 0.5) is 0 Å². The van der Waals surface area contributed by atoms with Gasteiger partial charge in [0.2, 0.25) is 0 Å². The van der Waals surface area contributed by atoms with Crippen LogP contribution in [0.25, 0.3) is 0 Å². The fourth-order valence-electron chi connectivity index (χ4n) is 1.84. The molecule has 1 fully saturated rings. The lowest BCUT2D eigenvalue weighted by Crippen LogP contribution is -2.33. The second-order valence-corrected chi connectivity index (χ2v) is 5.24. The monoisotopic (exact) mass is 274 g/mol. The minimum Gasteiger partial charge on any atom is -0.388 e. The molecule has 0 saturated carbocycles. The average molecular weight is 275 g/mol. The zero-order chi connectivity index (χ0) is 12.6. The number of amides is 1. The Morgan fingerprint density at radius 3 is 2.82 bits per heavy atom. The zero-order valence-electron chi connectivity index (χ0n) is 9.28. The molecule has 1 N–H and O–H groups in total. The molecule has 1 saturated heterocycles. The van der Waals surface area contributed by atoms with Crippen molar-refractivity contribution in [2.75, 3.05) is 13.1 Å². The van der Waals surface area contributed by atoms with E-state index in [1.807, 2.05) is 0 Å². The van der Waals surface area contributed by atoms with Crippen LogP contribution in [0.15, 0.2) is 12.3 Å². The smallest absolute Gasteiger partial charge is 0.255 e. The fourth-order valence-corrected chi connectivity index (χ4v) is 2.11. The molecule has 6 heteroatoms. The van der Waals surface area contributed by atoms with Gasteiger partial charge in [0.25, 0.3) is 5.91 Å². The van der Waals surface area contributed by atoms with Crippen molar-refractivity contribution in [1.82, 2.24) is 9.88 Å². The van der Waals surface area contributed by atoms with Gasteiger partial charge in [-0.1, -0.05) is 23.2 Å². The first kappa shape index (κ1) is 12.6. The van der Waals surface area contributed by atoms with Crippen LogP contribution in [0.1, 0.15) is 23.7 Å². The second kappa shape index (κ2) is 4.44. The fraction of sp³-hybridized carbons (Fsp3) is 0.455. The Kier molecular flexibility index (Phi) is 3.30. The average Bonchev–Trinajstić information content (AvgIpc) is 2.62. The highest BCUT2D eigenvalue weighted by molar-refractivity contribution is 6.41. The molecule has 1 unspecified atom stereocenters. The minimum atomic E-state index is -0.806. The summed E-state index contributed by atoms with van der Waals surface area (Å²) in [5, 5.41) is 10.2. The molecule has 1 aliphatic rings. The van der Waals surface area contributed by atoms with Crippen molar-refractivity contribution in [3.05, 3.63) is 28.0 Å². The number of carbonyl (C=O) groups excluding carboxylic acids is 1. The Morgan fingerprint density at radius 1 is 1.59 bits per heavy atom. The predicted molar refractivity (Wildman–Crippen MR) is 65.4 cm³/mol. The van der Waals surface area contributed by atoms with E-state index in [1.165, 1.54) is 12.3 Å². The molecule has 0 aromatic carbocycles. The number of carbonyl (C=O) groups is 1. The van der Waals surface area contributed by atoms with E-state index in [0.717, 1.165) is 0 Å². The van der Waals surface area contributed by atoms with Gasteiger partial charge in [0.15, 0.2) is 0 Å². The molecule has 2 rings (SSSR count). The van der Waals surface area contributed by atoms with Crippen molar-refractivity contribution in [1.29, 1.82) is 0 Å². The third kappa shape index (κ3) is 2.70. The summed E-state index contributed by atoms with van der Waals surface area (Å²) in [6, 6.07) is 1.49. The maximum absolute atomic E-state index is 12.1. The molecule has 0 radical (unpaired) electrons. The molecule has 1 atom stereocenters. The standard InChI is InChI=1S/C11H12Cl2N2O2/c1-11(17)2-3-15(6-11)10(16)7-4-8(12)9(13)14-5-7/h4-5,17H,2-3,6H2,1H3. The first-order chi connectivity index (χ1) is 7.89. The number of likely N-dealkylation sites (tertiary alicyclic amines) is 1. The zero-order valence-corrected chi connectivity index (χ0v) is 10.8. The van der Waals surface area contributed by atoms with Crippen molar-refractivity contribution in [3.8, 4) is 0 Å². The van der Waals surface area contributed by atoms with Gasteiger partial charge in [-0.25, -0.2) is 4.98 Å². The van der Waals surface area contributed by atoms with Crippen molar-refractivity contribution in [2.24, 2.45) is 0 Å². The number of nitrogens with zero attached hydrogens (tertiary/aromatic N) is 2. The van der Waals surface area contributed by atoms with E-state index in [0.29, 0.717) is 25.1 Å². The highest BCUT2D eigenvalue weighted by Gasteiger charge is 2.34. The molecular weight excluding hydrogens is 263 g/mol. The number of aromatic nitrogens is 1. The van der Waals surface area contributed by atoms with Crippen LogP contribution in [0.5, 0.6) is 0 Å². The topological polar surface area (TPSA) is 53.4 Å². The SMILES string of the molecule is CC1(O)CCN(C(=O)c2cnc(Cl)c(Cl)c2)C1. The normalized spacial score (nSPS) is 24.1. The lowest BCUT2D eigenvalue weighted by atomic mass is 10.1. The number of pyridine rings is 1. The summed E-state index contributed by atoms with van der Waals surface area (Å²) in [7, 11) is 0. The summed E-state index contributed by atoms with van der Waals surface area (Å²) in [4.78, 5) is 17.5. The van der Waals surface area contributed by atoms with Gasteiger partial charge in [-0.15, -0.1) is 0 Å². The molecule has 0 spiro atoms. The van der Waals surface area contributed by atoms with E-state index in [9.17, 15) is 9.90 Å². The van der Waals surface area contributed by atoms with Crippen molar-refractivity contribution in [2.45, 2.75) is 18.9 Å². The third-order valence-electron chi connectivity index (χ3n) is 2.78. The van der Waals surface area contributed by atoms with Crippen LogP contribution >= 0.6 is 23.2 Å². The van der Waals surface area contributed by atoms with Gasteiger partial charge in [-0.05, 0) is 19.4 Å². The quantitative estimate of drug-likeness (QED) is 0.797. The Morgan fingerprint density at radius 2 is 2.29 bits per heavy atom. The van der Waals surface area contributed by atoms with Crippen LogP contribution in [-0.2, 0) is 0 Å². The van der Waals surface area contributed by atoms with Gasteiger partial charge in [0.1, 0.15) is 5.15 Å². The minimum absolute atomic E-state index is 0.177. The Labute approximate surface area is 109 Å². The summed E-state index contributed by atoms with van der Waals surface area (Å²) in [5.41, 5.74) is -0.420. The second-order valence-electron chi connectivity index (χ2n) is 4.47. The van der Waals surface area contributed by atoms with Crippen LogP contribution in [0.2, 0.25) is 10.2 Å². The van der Waals surface area contributed by atoms with E-state index in [2.05, 4.69) is 4.98 Å². The Hall–Kier alpha value is -0.840. The molecule has 0 bridgehead atoms. The lowest BCUT2D eigenvalue weighted by Gasteiger charge is -2.19. The molecule has 2 heterocycles. The number of aliphatic hydroxyl groups is 1. The molecule has 17 heavy (non-hydrogen) atoms. The molecule has 0 aliphatic carbocycles. The summed E-state index contributed by atoms with van der Waals surface area (Å²) in [5.74, 6) is -0.186. The van der Waals surface area contributed by atoms with E-state index in [-0.39, 0.29) is 16.1 Å². The maximum atomic E-state index is 12.1. The Balaban J connectivity index is 2.18. The molecule has 1 aliphatic heterocycles. The Bertz CT molecular complexity index is 463. The first-order valence-corrected chi connectivity index (χ1v) is 5.97. The van der Waals surface area contributed by atoms with Crippen molar-refractivity contribution >= 4 is 29.1 Å². The summed E-state index contributed by atoms with van der Waals surface area (Å²) < 4.78 is 0. The van der Waals surface area contributed by atoms with Gasteiger partial charge in [0.05, 0.1) is 16.2 Å². The number of β-amino-alcohol motifs (C(OH)–C–C–N with tert-alkyl or cyclic N) is 1. The van der Waals surface area contributed by atoms with E-state index in [4.69, 9.17) is 23.2 Å².